The van der Waals surface area contributed by atoms with Crippen LogP contribution in [0.2, 0.25) is 0 Å². The van der Waals surface area contributed by atoms with Crippen LogP contribution in [-0.4, -0.2) is 49.4 Å². The quantitative estimate of drug-likeness (QED) is 0.305. The van der Waals surface area contributed by atoms with E-state index in [2.05, 4.69) is 90.7 Å². The van der Waals surface area contributed by atoms with Crippen LogP contribution in [0.15, 0.2) is 91.1 Å². The Kier molecular flexibility index (Phi) is 6.22. The van der Waals surface area contributed by atoms with Crippen molar-refractivity contribution in [1.29, 1.82) is 0 Å². The summed E-state index contributed by atoms with van der Waals surface area (Å²) < 4.78 is 0. The Labute approximate surface area is 227 Å². The second-order valence-corrected chi connectivity index (χ2v) is 10.1. The second-order valence-electron chi connectivity index (χ2n) is 10.1. The highest BCUT2D eigenvalue weighted by Gasteiger charge is 2.29. The molecule has 0 atom stereocenters. The third-order valence-corrected chi connectivity index (χ3v) is 7.60. The molecule has 0 amide bonds. The van der Waals surface area contributed by atoms with E-state index in [9.17, 15) is 0 Å². The number of hydrogen-bond acceptors (Lipinski definition) is 7. The van der Waals surface area contributed by atoms with Gasteiger partial charge in [-0.15, -0.1) is 10.2 Å². The van der Waals surface area contributed by atoms with Crippen LogP contribution in [0.5, 0.6) is 0 Å². The Morgan fingerprint density at radius 3 is 2.33 bits per heavy atom. The molecule has 0 saturated carbocycles. The molecule has 0 unspecified atom stereocenters. The van der Waals surface area contributed by atoms with E-state index in [0.29, 0.717) is 11.9 Å². The number of benzene rings is 3. The van der Waals surface area contributed by atoms with Crippen molar-refractivity contribution in [1.82, 2.24) is 30.3 Å². The van der Waals surface area contributed by atoms with Crippen molar-refractivity contribution in [3.8, 4) is 34.0 Å². The number of aromatic amines is 1. The van der Waals surface area contributed by atoms with E-state index in [1.165, 1.54) is 16.9 Å². The summed E-state index contributed by atoms with van der Waals surface area (Å²) in [6.45, 7) is 5.24. The first-order valence-corrected chi connectivity index (χ1v) is 13.4. The zero-order chi connectivity index (χ0) is 26.0. The van der Waals surface area contributed by atoms with Crippen LogP contribution in [0.1, 0.15) is 18.4 Å². The molecule has 0 spiro atoms. The number of rotatable bonds is 6. The number of fused-ring (bicyclic) bond motifs is 1. The van der Waals surface area contributed by atoms with E-state index in [0.717, 1.165) is 60.7 Å². The van der Waals surface area contributed by atoms with Crippen molar-refractivity contribution >= 4 is 11.4 Å². The molecule has 0 aliphatic carbocycles. The summed E-state index contributed by atoms with van der Waals surface area (Å²) in [5.74, 6) is 0.530. The van der Waals surface area contributed by atoms with Crippen LogP contribution < -0.4 is 10.2 Å². The van der Waals surface area contributed by atoms with Gasteiger partial charge in [0.1, 0.15) is 23.8 Å². The fourth-order valence-corrected chi connectivity index (χ4v) is 5.53. The fourth-order valence-electron chi connectivity index (χ4n) is 5.53. The average Bonchev–Trinajstić information content (AvgIpc) is 3.69. The molecule has 39 heavy (non-hydrogen) atoms. The normalized spacial score (nSPS) is 15.7. The summed E-state index contributed by atoms with van der Waals surface area (Å²) in [6.07, 6.45) is 3.99. The number of para-hydroxylation sites is 2. The zero-order valence-electron chi connectivity index (χ0n) is 21.5. The maximum Gasteiger partial charge on any atom is 0.200 e. The summed E-state index contributed by atoms with van der Waals surface area (Å²) in [4.78, 5) is 9.87. The number of aromatic nitrogens is 5. The van der Waals surface area contributed by atoms with Crippen LogP contribution in [0.25, 0.3) is 34.0 Å². The van der Waals surface area contributed by atoms with E-state index in [1.54, 1.807) is 6.20 Å². The lowest BCUT2D eigenvalue weighted by Gasteiger charge is -2.37. The Bertz CT molecular complexity index is 1540. The van der Waals surface area contributed by atoms with E-state index >= 15 is 0 Å². The van der Waals surface area contributed by atoms with Gasteiger partial charge < -0.3 is 10.2 Å². The molecule has 0 bridgehead atoms. The maximum absolute atomic E-state index is 4.90. The van der Waals surface area contributed by atoms with Gasteiger partial charge in [0.05, 0.1) is 11.4 Å². The number of nitrogens with one attached hydrogen (secondary N) is 2. The maximum atomic E-state index is 4.90. The highest BCUT2D eigenvalue weighted by molar-refractivity contribution is 5.79. The number of piperidine rings is 1. The second kappa shape index (κ2) is 10.3. The molecular formula is C31H29N8. The summed E-state index contributed by atoms with van der Waals surface area (Å²) in [6, 6.07) is 29.7. The third-order valence-electron chi connectivity index (χ3n) is 7.60. The van der Waals surface area contributed by atoms with E-state index in [1.807, 2.05) is 36.4 Å². The van der Waals surface area contributed by atoms with Crippen molar-refractivity contribution in [3.05, 3.63) is 103 Å². The fraction of sp³-hybridized carbons (Fsp3) is 0.194. The van der Waals surface area contributed by atoms with Crippen LogP contribution in [-0.2, 0) is 6.54 Å². The van der Waals surface area contributed by atoms with Gasteiger partial charge in [0, 0.05) is 43.0 Å². The van der Waals surface area contributed by atoms with Crippen LogP contribution in [0, 0.1) is 6.67 Å². The first kappa shape index (κ1) is 23.5. The summed E-state index contributed by atoms with van der Waals surface area (Å²) in [5.41, 5.74) is 8.12. The molecule has 4 heterocycles. The molecule has 1 saturated heterocycles. The standard InChI is InChI=1S/C31H29N8/c1-2-6-23(7-3-1)30-29(34-31(37-36-30)27-14-17-33-35-27)24-12-10-22(11-13-24)20-38-18-15-25(16-19-38)39-21-32-26-8-4-5-9-28(26)39/h1-14,17,21,25,32H,15-16,18-20H2,(H,33,35). The van der Waals surface area contributed by atoms with Crippen LogP contribution in [0.4, 0.5) is 11.4 Å². The lowest BCUT2D eigenvalue weighted by molar-refractivity contribution is 0.204. The van der Waals surface area contributed by atoms with E-state index in [4.69, 9.17) is 4.98 Å². The van der Waals surface area contributed by atoms with Crippen molar-refractivity contribution in [2.75, 3.05) is 23.3 Å². The average molecular weight is 514 g/mol. The molecular weight excluding hydrogens is 484 g/mol. The summed E-state index contributed by atoms with van der Waals surface area (Å²) in [7, 11) is 0. The number of H-pyrrole nitrogens is 1. The Hall–Kier alpha value is -4.56. The Morgan fingerprint density at radius 2 is 1.54 bits per heavy atom. The smallest absolute Gasteiger partial charge is 0.200 e. The zero-order valence-corrected chi connectivity index (χ0v) is 21.5. The van der Waals surface area contributed by atoms with Crippen LogP contribution in [0.3, 0.4) is 0 Å². The van der Waals surface area contributed by atoms with Crippen molar-refractivity contribution in [3.63, 3.8) is 0 Å². The van der Waals surface area contributed by atoms with Gasteiger partial charge in [-0.05, 0) is 36.6 Å². The highest BCUT2D eigenvalue weighted by atomic mass is 15.3. The topological polar surface area (TPSA) is 85.9 Å². The van der Waals surface area contributed by atoms with Crippen LogP contribution >= 0.6 is 0 Å². The Morgan fingerprint density at radius 1 is 0.769 bits per heavy atom. The monoisotopic (exact) mass is 513 g/mol. The molecule has 2 aliphatic rings. The van der Waals surface area contributed by atoms with Gasteiger partial charge in [-0.3, -0.25) is 10.00 Å². The lowest BCUT2D eigenvalue weighted by Crippen LogP contribution is -2.43. The minimum Gasteiger partial charge on any atom is -0.360 e. The molecule has 2 aliphatic heterocycles. The molecule has 1 fully saturated rings. The molecule has 2 N–H and O–H groups in total. The van der Waals surface area contributed by atoms with E-state index < -0.39 is 0 Å². The first-order valence-electron chi connectivity index (χ1n) is 13.4. The first-order chi connectivity index (χ1) is 19.3. The summed E-state index contributed by atoms with van der Waals surface area (Å²) in [5, 5.41) is 19.3. The van der Waals surface area contributed by atoms with Gasteiger partial charge in [-0.2, -0.15) is 5.10 Å². The third kappa shape index (κ3) is 4.75. The molecule has 8 nitrogen and oxygen atoms in total. The molecule has 5 aromatic rings. The predicted molar refractivity (Wildman–Crippen MR) is 153 cm³/mol. The minimum absolute atomic E-state index is 0.530. The summed E-state index contributed by atoms with van der Waals surface area (Å²) >= 11 is 0. The SMILES string of the molecule is [CH]1Nc2ccccc2N1C1CCN(Cc2ccc(-c3nc(-c4ccn[nH]4)nnc3-c3ccccc3)cc2)CC1. The van der Waals surface area contributed by atoms with Gasteiger partial charge in [-0.25, -0.2) is 4.98 Å². The van der Waals surface area contributed by atoms with Crippen molar-refractivity contribution < 1.29 is 0 Å². The van der Waals surface area contributed by atoms with Gasteiger partial charge in [-0.1, -0.05) is 66.7 Å². The van der Waals surface area contributed by atoms with Gasteiger partial charge in [0.15, 0.2) is 5.82 Å². The molecule has 1 radical (unpaired) electrons. The van der Waals surface area contributed by atoms with E-state index in [-0.39, 0.29) is 0 Å². The number of nitrogens with zero attached hydrogens (tertiary/aromatic N) is 6. The lowest BCUT2D eigenvalue weighted by atomic mass is 10.0. The molecule has 3 aromatic carbocycles. The largest absolute Gasteiger partial charge is 0.360 e. The van der Waals surface area contributed by atoms with Gasteiger partial charge in [0.25, 0.3) is 0 Å². The van der Waals surface area contributed by atoms with Gasteiger partial charge >= 0.3 is 0 Å². The van der Waals surface area contributed by atoms with Crippen molar-refractivity contribution in [2.45, 2.75) is 25.4 Å². The molecule has 7 rings (SSSR count). The Balaban J connectivity index is 1.07. The van der Waals surface area contributed by atoms with Gasteiger partial charge in [0.2, 0.25) is 0 Å². The molecule has 8 heteroatoms. The molecule has 193 valence electrons. The number of anilines is 2. The molecule has 2 aromatic heterocycles. The minimum atomic E-state index is 0.530. The predicted octanol–water partition coefficient (Wildman–Crippen LogP) is 5.61. The van der Waals surface area contributed by atoms with Crippen molar-refractivity contribution in [2.24, 2.45) is 0 Å². The number of likely N-dealkylation sites (tertiary alicyclic amines) is 1. The number of hydrogen-bond donors (Lipinski definition) is 2. The highest BCUT2D eigenvalue weighted by Crippen LogP contribution is 2.36.